The van der Waals surface area contributed by atoms with Crippen LogP contribution in [0.3, 0.4) is 0 Å². The molecule has 3 aromatic carbocycles. The molecule has 1 unspecified atom stereocenters. The number of amides is 1. The van der Waals surface area contributed by atoms with Crippen LogP contribution in [0.4, 0.5) is 17.1 Å². The molecule has 2 N–H and O–H groups in total. The average Bonchev–Trinajstić information content (AvgIpc) is 3.29. The third-order valence-electron chi connectivity index (χ3n) is 5.36. The molecule has 4 heteroatoms. The van der Waals surface area contributed by atoms with E-state index in [9.17, 15) is 4.79 Å². The Morgan fingerprint density at radius 3 is 2.10 bits per heavy atom. The van der Waals surface area contributed by atoms with Gasteiger partial charge in [0.05, 0.1) is 0 Å². The highest BCUT2D eigenvalue weighted by Gasteiger charge is 2.21. The van der Waals surface area contributed by atoms with Crippen LogP contribution in [-0.4, -0.2) is 19.0 Å². The average molecular weight is 386 g/mol. The van der Waals surface area contributed by atoms with Gasteiger partial charge in [-0.05, 0) is 61.7 Å². The maximum Gasteiger partial charge on any atom is 0.251 e. The fourth-order valence-electron chi connectivity index (χ4n) is 3.71. The number of nitrogens with zero attached hydrogens (tertiary/aromatic N) is 1. The Morgan fingerprint density at radius 2 is 1.45 bits per heavy atom. The lowest BCUT2D eigenvalue weighted by Gasteiger charge is -2.22. The summed E-state index contributed by atoms with van der Waals surface area (Å²) in [6.07, 6.45) is 2.52. The molecular weight excluding hydrogens is 358 g/mol. The second-order valence-corrected chi connectivity index (χ2v) is 7.58. The first-order chi connectivity index (χ1) is 14.2. The minimum Gasteiger partial charge on any atom is -0.372 e. The van der Waals surface area contributed by atoms with Crippen LogP contribution in [0, 0.1) is 6.92 Å². The molecule has 0 bridgehead atoms. The van der Waals surface area contributed by atoms with Gasteiger partial charge >= 0.3 is 0 Å². The summed E-state index contributed by atoms with van der Waals surface area (Å²) in [5.74, 6) is -0.0799. The molecule has 0 aliphatic carbocycles. The zero-order valence-electron chi connectivity index (χ0n) is 16.8. The Morgan fingerprint density at radius 1 is 0.828 bits per heavy atom. The summed E-state index contributed by atoms with van der Waals surface area (Å²) in [6, 6.07) is 25.6. The van der Waals surface area contributed by atoms with E-state index in [1.54, 1.807) is 0 Å². The van der Waals surface area contributed by atoms with Crippen molar-refractivity contribution in [3.8, 4) is 0 Å². The van der Waals surface area contributed by atoms with Gasteiger partial charge in [-0.25, -0.2) is 0 Å². The minimum atomic E-state index is -0.477. The van der Waals surface area contributed by atoms with Gasteiger partial charge < -0.3 is 15.5 Å². The molecule has 0 spiro atoms. The SMILES string of the molecule is Cc1ccc(NC(=O)C(Nc2ccc(N3CCCC3)cc2)c2ccccc2)cc1. The van der Waals surface area contributed by atoms with Crippen molar-refractivity contribution in [3.63, 3.8) is 0 Å². The Labute approximate surface area is 172 Å². The summed E-state index contributed by atoms with van der Waals surface area (Å²) < 4.78 is 0. The van der Waals surface area contributed by atoms with Gasteiger partial charge in [0.1, 0.15) is 6.04 Å². The Kier molecular flexibility index (Phi) is 5.80. The number of anilines is 3. The van der Waals surface area contributed by atoms with E-state index in [0.717, 1.165) is 30.0 Å². The molecule has 1 amide bonds. The number of aryl methyl sites for hydroxylation is 1. The molecule has 3 aromatic rings. The molecule has 4 nitrogen and oxygen atoms in total. The molecular formula is C25H27N3O. The normalized spacial score (nSPS) is 14.4. The van der Waals surface area contributed by atoms with Crippen molar-refractivity contribution in [3.05, 3.63) is 90.0 Å². The molecule has 0 aromatic heterocycles. The molecule has 1 aliphatic heterocycles. The van der Waals surface area contributed by atoms with Crippen LogP contribution in [0.25, 0.3) is 0 Å². The fourth-order valence-corrected chi connectivity index (χ4v) is 3.71. The number of hydrogen-bond acceptors (Lipinski definition) is 3. The summed E-state index contributed by atoms with van der Waals surface area (Å²) >= 11 is 0. The van der Waals surface area contributed by atoms with Gasteiger partial charge in [0, 0.05) is 30.2 Å². The molecule has 4 rings (SSSR count). The van der Waals surface area contributed by atoms with Gasteiger partial charge in [-0.3, -0.25) is 4.79 Å². The number of hydrogen-bond donors (Lipinski definition) is 2. The third-order valence-corrected chi connectivity index (χ3v) is 5.36. The molecule has 1 saturated heterocycles. The first-order valence-corrected chi connectivity index (χ1v) is 10.2. The van der Waals surface area contributed by atoms with E-state index in [0.29, 0.717) is 0 Å². The van der Waals surface area contributed by atoms with E-state index >= 15 is 0 Å². The van der Waals surface area contributed by atoms with Crippen molar-refractivity contribution in [2.45, 2.75) is 25.8 Å². The van der Waals surface area contributed by atoms with E-state index in [2.05, 4.69) is 39.8 Å². The first kappa shape index (κ1) is 19.1. The van der Waals surface area contributed by atoms with Gasteiger partial charge in [-0.15, -0.1) is 0 Å². The van der Waals surface area contributed by atoms with E-state index in [-0.39, 0.29) is 5.91 Å². The van der Waals surface area contributed by atoms with Gasteiger partial charge in [-0.2, -0.15) is 0 Å². The van der Waals surface area contributed by atoms with E-state index in [1.807, 2.05) is 61.5 Å². The fraction of sp³-hybridized carbons (Fsp3) is 0.240. The quantitative estimate of drug-likeness (QED) is 0.598. The highest BCUT2D eigenvalue weighted by atomic mass is 16.2. The van der Waals surface area contributed by atoms with Gasteiger partial charge in [0.2, 0.25) is 0 Å². The molecule has 148 valence electrons. The Bertz CT molecular complexity index is 930. The monoisotopic (exact) mass is 385 g/mol. The summed E-state index contributed by atoms with van der Waals surface area (Å²) in [5, 5.41) is 6.45. The van der Waals surface area contributed by atoms with Crippen molar-refractivity contribution in [1.82, 2.24) is 0 Å². The predicted octanol–water partition coefficient (Wildman–Crippen LogP) is 5.39. The van der Waals surface area contributed by atoms with Gasteiger partial charge in [0.15, 0.2) is 0 Å². The second-order valence-electron chi connectivity index (χ2n) is 7.58. The summed E-state index contributed by atoms with van der Waals surface area (Å²) in [6.45, 7) is 4.28. The summed E-state index contributed by atoms with van der Waals surface area (Å²) in [4.78, 5) is 15.5. The highest BCUT2D eigenvalue weighted by molar-refractivity contribution is 5.97. The van der Waals surface area contributed by atoms with Crippen LogP contribution < -0.4 is 15.5 Å². The summed E-state index contributed by atoms with van der Waals surface area (Å²) in [7, 11) is 0. The van der Waals surface area contributed by atoms with Crippen molar-refractivity contribution in [2.75, 3.05) is 28.6 Å². The standard InChI is InChI=1S/C25H27N3O/c1-19-9-11-22(12-10-19)27-25(29)24(20-7-3-2-4-8-20)26-21-13-15-23(16-14-21)28-17-5-6-18-28/h2-4,7-16,24,26H,5-6,17-18H2,1H3,(H,27,29). The predicted molar refractivity (Wildman–Crippen MR) is 121 cm³/mol. The summed E-state index contributed by atoms with van der Waals surface area (Å²) in [5.41, 5.74) is 5.07. The number of benzene rings is 3. The lowest BCUT2D eigenvalue weighted by Crippen LogP contribution is -2.27. The maximum absolute atomic E-state index is 13.1. The second kappa shape index (κ2) is 8.82. The van der Waals surface area contributed by atoms with Gasteiger partial charge in [0.25, 0.3) is 5.91 Å². The van der Waals surface area contributed by atoms with Crippen molar-refractivity contribution >= 4 is 23.0 Å². The Hall–Kier alpha value is -3.27. The van der Waals surface area contributed by atoms with Crippen LogP contribution in [-0.2, 0) is 4.79 Å². The van der Waals surface area contributed by atoms with E-state index < -0.39 is 6.04 Å². The Balaban J connectivity index is 1.52. The third kappa shape index (κ3) is 4.77. The van der Waals surface area contributed by atoms with E-state index in [4.69, 9.17) is 0 Å². The largest absolute Gasteiger partial charge is 0.372 e. The molecule has 1 aliphatic rings. The van der Waals surface area contributed by atoms with E-state index in [1.165, 1.54) is 24.1 Å². The van der Waals surface area contributed by atoms with Crippen molar-refractivity contribution < 1.29 is 4.79 Å². The van der Waals surface area contributed by atoms with Crippen LogP contribution in [0.1, 0.15) is 30.0 Å². The van der Waals surface area contributed by atoms with Crippen LogP contribution in [0.5, 0.6) is 0 Å². The van der Waals surface area contributed by atoms with Crippen molar-refractivity contribution in [2.24, 2.45) is 0 Å². The lowest BCUT2D eigenvalue weighted by atomic mass is 10.1. The number of nitrogens with one attached hydrogen (secondary N) is 2. The molecule has 0 radical (unpaired) electrons. The topological polar surface area (TPSA) is 44.4 Å². The minimum absolute atomic E-state index is 0.0799. The lowest BCUT2D eigenvalue weighted by molar-refractivity contribution is -0.117. The molecule has 1 atom stereocenters. The highest BCUT2D eigenvalue weighted by Crippen LogP contribution is 2.26. The zero-order chi connectivity index (χ0) is 20.1. The number of carbonyl (C=O) groups is 1. The number of carbonyl (C=O) groups excluding carboxylic acids is 1. The zero-order valence-corrected chi connectivity index (χ0v) is 16.8. The first-order valence-electron chi connectivity index (χ1n) is 10.2. The smallest absolute Gasteiger partial charge is 0.251 e. The van der Waals surface area contributed by atoms with Gasteiger partial charge in [-0.1, -0.05) is 48.0 Å². The van der Waals surface area contributed by atoms with Crippen LogP contribution in [0.15, 0.2) is 78.9 Å². The maximum atomic E-state index is 13.1. The number of rotatable bonds is 6. The molecule has 1 fully saturated rings. The molecule has 0 saturated carbocycles. The molecule has 1 heterocycles. The van der Waals surface area contributed by atoms with Crippen LogP contribution >= 0.6 is 0 Å². The van der Waals surface area contributed by atoms with Crippen molar-refractivity contribution in [1.29, 1.82) is 0 Å². The molecule has 29 heavy (non-hydrogen) atoms. The van der Waals surface area contributed by atoms with Crippen LogP contribution in [0.2, 0.25) is 0 Å².